The molecule has 2 rings (SSSR count). The Labute approximate surface area is 128 Å². The van der Waals surface area contributed by atoms with Gasteiger partial charge in [0.05, 0.1) is 17.4 Å². The van der Waals surface area contributed by atoms with E-state index >= 15 is 0 Å². The number of amides is 1. The summed E-state index contributed by atoms with van der Waals surface area (Å²) in [5.41, 5.74) is 6.39. The van der Waals surface area contributed by atoms with Crippen LogP contribution in [0.5, 0.6) is 0 Å². The number of nitrogens with one attached hydrogen (secondary N) is 1. The molecule has 0 saturated heterocycles. The van der Waals surface area contributed by atoms with Crippen molar-refractivity contribution >= 4 is 39.1 Å². The fourth-order valence-electron chi connectivity index (χ4n) is 1.57. The zero-order valence-corrected chi connectivity index (χ0v) is 12.5. The first-order valence-corrected chi connectivity index (χ1v) is 6.77. The number of hydrogen-bond donors (Lipinski definition) is 2. The lowest BCUT2D eigenvalue weighted by Gasteiger charge is -2.08. The van der Waals surface area contributed by atoms with Crippen molar-refractivity contribution in [1.82, 2.24) is 10.3 Å². The van der Waals surface area contributed by atoms with Crippen molar-refractivity contribution < 1.29 is 9.18 Å². The minimum Gasteiger partial charge on any atom is -0.397 e. The Balaban J connectivity index is 2.12. The first-order valence-electron chi connectivity index (χ1n) is 5.60. The number of nitrogen functional groups attached to an aromatic ring is 1. The number of pyridine rings is 1. The Morgan fingerprint density at radius 3 is 2.95 bits per heavy atom. The van der Waals surface area contributed by atoms with Crippen molar-refractivity contribution in [1.29, 1.82) is 0 Å². The van der Waals surface area contributed by atoms with Gasteiger partial charge < -0.3 is 11.1 Å². The Bertz CT molecular complexity index is 666. The second-order valence-corrected chi connectivity index (χ2v) is 5.30. The van der Waals surface area contributed by atoms with Crippen molar-refractivity contribution in [2.75, 3.05) is 5.73 Å². The molecule has 2 aromatic rings. The van der Waals surface area contributed by atoms with Crippen LogP contribution in [0.2, 0.25) is 5.15 Å². The maximum atomic E-state index is 13.5. The molecule has 1 heterocycles. The number of carbonyl (C=O) groups excluding carboxylic acids is 1. The van der Waals surface area contributed by atoms with Gasteiger partial charge >= 0.3 is 0 Å². The van der Waals surface area contributed by atoms with E-state index < -0.39 is 11.7 Å². The fraction of sp³-hybridized carbons (Fsp3) is 0.0769. The van der Waals surface area contributed by atoms with E-state index in [0.29, 0.717) is 11.3 Å². The second-order valence-electron chi connectivity index (χ2n) is 4.03. The van der Waals surface area contributed by atoms with E-state index in [0.717, 1.165) is 4.47 Å². The zero-order valence-electron chi connectivity index (χ0n) is 10.2. The molecule has 0 aliphatic heterocycles. The van der Waals surface area contributed by atoms with E-state index in [-0.39, 0.29) is 17.3 Å². The predicted octanol–water partition coefficient (Wildman–Crippen LogP) is 3.15. The number of carbonyl (C=O) groups is 1. The van der Waals surface area contributed by atoms with E-state index in [4.69, 9.17) is 17.3 Å². The molecule has 1 amide bonds. The molecule has 1 aromatic carbocycles. The molecule has 0 radical (unpaired) electrons. The normalized spacial score (nSPS) is 10.3. The Morgan fingerprint density at radius 2 is 2.20 bits per heavy atom. The van der Waals surface area contributed by atoms with Crippen LogP contribution in [0.25, 0.3) is 0 Å². The Hall–Kier alpha value is -1.66. The van der Waals surface area contributed by atoms with Gasteiger partial charge in [-0.3, -0.25) is 4.79 Å². The van der Waals surface area contributed by atoms with Crippen LogP contribution in [-0.2, 0) is 6.54 Å². The molecule has 4 nitrogen and oxygen atoms in total. The van der Waals surface area contributed by atoms with Crippen molar-refractivity contribution in [2.24, 2.45) is 0 Å². The Kier molecular flexibility index (Phi) is 4.57. The number of anilines is 1. The highest BCUT2D eigenvalue weighted by molar-refractivity contribution is 9.10. The van der Waals surface area contributed by atoms with E-state index in [9.17, 15) is 9.18 Å². The third-order valence-electron chi connectivity index (χ3n) is 2.55. The number of hydrogen-bond acceptors (Lipinski definition) is 3. The van der Waals surface area contributed by atoms with Gasteiger partial charge in [-0.25, -0.2) is 9.37 Å². The highest BCUT2D eigenvalue weighted by Gasteiger charge is 2.12. The molecule has 1 aromatic heterocycles. The molecule has 20 heavy (non-hydrogen) atoms. The van der Waals surface area contributed by atoms with Crippen molar-refractivity contribution in [3.8, 4) is 0 Å². The summed E-state index contributed by atoms with van der Waals surface area (Å²) in [4.78, 5) is 15.7. The summed E-state index contributed by atoms with van der Waals surface area (Å²) in [7, 11) is 0. The van der Waals surface area contributed by atoms with Crippen LogP contribution >= 0.6 is 27.5 Å². The average Bonchev–Trinajstić information content (AvgIpc) is 2.42. The largest absolute Gasteiger partial charge is 0.397 e. The monoisotopic (exact) mass is 357 g/mol. The number of aromatic nitrogens is 1. The van der Waals surface area contributed by atoms with Gasteiger partial charge in [-0.05, 0) is 24.3 Å². The quantitative estimate of drug-likeness (QED) is 0.828. The molecule has 3 N–H and O–H groups in total. The second kappa shape index (κ2) is 6.19. The zero-order chi connectivity index (χ0) is 14.7. The summed E-state index contributed by atoms with van der Waals surface area (Å²) in [6.45, 7) is 0.0369. The lowest BCUT2D eigenvalue weighted by Crippen LogP contribution is -2.24. The molecule has 0 bridgehead atoms. The minimum atomic E-state index is -0.464. The van der Waals surface area contributed by atoms with Crippen LogP contribution in [0.1, 0.15) is 15.9 Å². The highest BCUT2D eigenvalue weighted by Crippen LogP contribution is 2.17. The average molecular weight is 359 g/mol. The highest BCUT2D eigenvalue weighted by atomic mass is 79.9. The summed E-state index contributed by atoms with van der Waals surface area (Å²) in [6, 6.07) is 5.91. The molecule has 0 fully saturated rings. The first kappa shape index (κ1) is 14.7. The lowest BCUT2D eigenvalue weighted by atomic mass is 10.2. The lowest BCUT2D eigenvalue weighted by molar-refractivity contribution is 0.0950. The van der Waals surface area contributed by atoms with E-state index in [1.165, 1.54) is 18.3 Å². The van der Waals surface area contributed by atoms with Gasteiger partial charge in [0, 0.05) is 16.6 Å². The van der Waals surface area contributed by atoms with Crippen molar-refractivity contribution in [2.45, 2.75) is 6.54 Å². The summed E-state index contributed by atoms with van der Waals surface area (Å²) >= 11 is 9.06. The van der Waals surface area contributed by atoms with E-state index in [1.807, 2.05) is 0 Å². The van der Waals surface area contributed by atoms with Crippen LogP contribution in [0.4, 0.5) is 10.1 Å². The number of benzene rings is 1. The van der Waals surface area contributed by atoms with Crippen LogP contribution < -0.4 is 11.1 Å². The molecule has 0 aliphatic carbocycles. The van der Waals surface area contributed by atoms with Crippen molar-refractivity contribution in [3.63, 3.8) is 0 Å². The molecule has 0 unspecified atom stereocenters. The number of rotatable bonds is 3. The minimum absolute atomic E-state index is 0.0369. The fourth-order valence-corrected chi connectivity index (χ4v) is 2.17. The van der Waals surface area contributed by atoms with E-state index in [2.05, 4.69) is 26.2 Å². The molecule has 0 aliphatic rings. The van der Waals surface area contributed by atoms with Crippen LogP contribution in [0.15, 0.2) is 34.9 Å². The molecule has 104 valence electrons. The van der Waals surface area contributed by atoms with Gasteiger partial charge in [-0.1, -0.05) is 27.5 Å². The third-order valence-corrected chi connectivity index (χ3v) is 3.35. The summed E-state index contributed by atoms with van der Waals surface area (Å²) in [6.07, 6.45) is 1.35. The summed E-state index contributed by atoms with van der Waals surface area (Å²) in [5, 5.41) is 2.62. The molecule has 0 atom stereocenters. The van der Waals surface area contributed by atoms with Gasteiger partial charge in [0.15, 0.2) is 0 Å². The molecular formula is C13H10BrClFN3O. The molecule has 0 saturated carbocycles. The molecule has 0 spiro atoms. The first-order chi connectivity index (χ1) is 9.47. The van der Waals surface area contributed by atoms with Crippen LogP contribution in [-0.4, -0.2) is 10.9 Å². The van der Waals surface area contributed by atoms with Gasteiger partial charge in [-0.2, -0.15) is 0 Å². The van der Waals surface area contributed by atoms with Gasteiger partial charge in [0.25, 0.3) is 5.91 Å². The SMILES string of the molecule is Nc1cnc(Cl)c(C(=O)NCc2cc(Br)ccc2F)c1. The molecule has 7 heteroatoms. The van der Waals surface area contributed by atoms with Gasteiger partial charge in [0.2, 0.25) is 0 Å². The van der Waals surface area contributed by atoms with Gasteiger partial charge in [0.1, 0.15) is 11.0 Å². The van der Waals surface area contributed by atoms with Crippen molar-refractivity contribution in [3.05, 3.63) is 57.0 Å². The summed E-state index contributed by atoms with van der Waals surface area (Å²) < 4.78 is 14.3. The number of halogens is 3. The van der Waals surface area contributed by atoms with E-state index in [1.54, 1.807) is 12.1 Å². The number of nitrogens with two attached hydrogens (primary N) is 1. The topological polar surface area (TPSA) is 68.0 Å². The third kappa shape index (κ3) is 3.46. The molecular weight excluding hydrogens is 349 g/mol. The summed E-state index contributed by atoms with van der Waals surface area (Å²) in [5.74, 6) is -0.862. The maximum Gasteiger partial charge on any atom is 0.254 e. The standard InChI is InChI=1S/C13H10BrClFN3O/c14-8-1-2-11(16)7(3-8)5-19-13(20)10-4-9(17)6-18-12(10)15/h1-4,6H,5,17H2,(H,19,20). The van der Waals surface area contributed by atoms with Gasteiger partial charge in [-0.15, -0.1) is 0 Å². The Morgan fingerprint density at radius 1 is 1.45 bits per heavy atom. The van der Waals surface area contributed by atoms with Crippen LogP contribution in [0.3, 0.4) is 0 Å². The maximum absolute atomic E-state index is 13.5. The smallest absolute Gasteiger partial charge is 0.254 e. The predicted molar refractivity (Wildman–Crippen MR) is 78.9 cm³/mol. The number of nitrogens with zero attached hydrogens (tertiary/aromatic N) is 1. The van der Waals surface area contributed by atoms with Crippen LogP contribution in [0, 0.1) is 5.82 Å².